The lowest BCUT2D eigenvalue weighted by Crippen LogP contribution is -2.53. The quantitative estimate of drug-likeness (QED) is 0.578. The molecule has 0 unspecified atom stereocenters. The molecule has 0 heterocycles. The van der Waals surface area contributed by atoms with E-state index in [1.165, 1.54) is 71.6 Å². The van der Waals surface area contributed by atoms with E-state index in [-0.39, 0.29) is 30.1 Å². The van der Waals surface area contributed by atoms with Crippen molar-refractivity contribution in [1.82, 2.24) is 0 Å². The molecule has 8 atom stereocenters. The van der Waals surface area contributed by atoms with E-state index in [1.54, 1.807) is 0 Å². The Morgan fingerprint density at radius 1 is 0.862 bits per heavy atom. The van der Waals surface area contributed by atoms with Crippen molar-refractivity contribution in [1.29, 1.82) is 0 Å². The lowest BCUT2D eigenvalue weighted by molar-refractivity contribution is -0.167. The lowest BCUT2D eigenvalue weighted by atomic mass is 9.45. The summed E-state index contributed by atoms with van der Waals surface area (Å²) in [4.78, 5) is 23.2. The van der Waals surface area contributed by atoms with Crippen molar-refractivity contribution in [3.05, 3.63) is 0 Å². The Balaban J connectivity index is 1.55. The van der Waals surface area contributed by atoms with Crippen LogP contribution >= 0.6 is 0 Å². The zero-order valence-electron chi connectivity index (χ0n) is 18.9. The summed E-state index contributed by atoms with van der Waals surface area (Å²) in [5, 5.41) is 0. The first-order chi connectivity index (χ1) is 13.8. The van der Waals surface area contributed by atoms with E-state index in [0.717, 1.165) is 30.1 Å². The maximum absolute atomic E-state index is 11.8. The Bertz CT molecular complexity index is 645. The molecular weight excluding hydrogens is 364 g/mol. The minimum absolute atomic E-state index is 0.194. The predicted octanol–water partition coefficient (Wildman–Crippen LogP) is 5.53. The van der Waals surface area contributed by atoms with E-state index < -0.39 is 0 Å². The molecule has 0 amide bonds. The molecule has 0 N–H and O–H groups in total. The van der Waals surface area contributed by atoms with Crippen LogP contribution in [0.5, 0.6) is 0 Å². The van der Waals surface area contributed by atoms with Crippen LogP contribution in [0.3, 0.4) is 0 Å². The number of fused-ring (bicyclic) bond motifs is 5. The first-order valence-electron chi connectivity index (χ1n) is 12.1. The fourth-order valence-corrected chi connectivity index (χ4v) is 8.59. The summed E-state index contributed by atoms with van der Waals surface area (Å²) in [5.74, 6) is 3.10. The molecule has 4 saturated carbocycles. The minimum Gasteiger partial charge on any atom is -0.462 e. The number of rotatable bonds is 4. The molecule has 4 rings (SSSR count). The van der Waals surface area contributed by atoms with Gasteiger partial charge in [0.25, 0.3) is 0 Å². The van der Waals surface area contributed by atoms with E-state index in [1.807, 2.05) is 0 Å². The van der Waals surface area contributed by atoms with Crippen LogP contribution in [-0.2, 0) is 19.1 Å². The van der Waals surface area contributed by atoms with E-state index in [0.29, 0.717) is 11.3 Å². The second-order valence-electron chi connectivity index (χ2n) is 11.1. The van der Waals surface area contributed by atoms with Crippen LogP contribution in [0, 0.1) is 40.4 Å². The molecule has 0 spiro atoms. The second-order valence-corrected chi connectivity index (χ2v) is 11.1. The molecule has 0 aromatic carbocycles. The molecule has 0 aromatic rings. The molecule has 4 nitrogen and oxygen atoms in total. The molecule has 0 saturated heterocycles. The molecule has 4 aliphatic rings. The first kappa shape index (κ1) is 21.2. The van der Waals surface area contributed by atoms with Gasteiger partial charge in [0.05, 0.1) is 0 Å². The molecule has 0 aliphatic heterocycles. The molecule has 4 heteroatoms. The summed E-state index contributed by atoms with van der Waals surface area (Å²) in [5.41, 5.74) is 0.743. The third kappa shape index (κ3) is 3.63. The topological polar surface area (TPSA) is 52.6 Å². The van der Waals surface area contributed by atoms with E-state index in [4.69, 9.17) is 9.47 Å². The summed E-state index contributed by atoms with van der Waals surface area (Å²) in [7, 11) is 0. The summed E-state index contributed by atoms with van der Waals surface area (Å²) >= 11 is 0. The van der Waals surface area contributed by atoms with Crippen LogP contribution in [0.15, 0.2) is 0 Å². The van der Waals surface area contributed by atoms with E-state index in [2.05, 4.69) is 13.8 Å². The zero-order chi connectivity index (χ0) is 20.8. The van der Waals surface area contributed by atoms with Crippen LogP contribution in [0.1, 0.15) is 91.9 Å². The van der Waals surface area contributed by atoms with Gasteiger partial charge in [0.15, 0.2) is 0 Å². The van der Waals surface area contributed by atoms with Crippen LogP contribution in [0.4, 0.5) is 0 Å². The minimum atomic E-state index is -0.301. The fraction of sp³-hybridized carbons (Fsp3) is 0.920. The Morgan fingerprint density at radius 2 is 1.62 bits per heavy atom. The van der Waals surface area contributed by atoms with Crippen molar-refractivity contribution < 1.29 is 19.1 Å². The third-order valence-corrected chi connectivity index (χ3v) is 9.87. The first-order valence-corrected chi connectivity index (χ1v) is 12.1. The van der Waals surface area contributed by atoms with Gasteiger partial charge >= 0.3 is 11.9 Å². The van der Waals surface area contributed by atoms with Crippen molar-refractivity contribution >= 4 is 11.9 Å². The largest absolute Gasteiger partial charge is 0.462 e. The van der Waals surface area contributed by atoms with E-state index >= 15 is 0 Å². The molecule has 0 radical (unpaired) electrons. The molecule has 4 fully saturated rings. The highest BCUT2D eigenvalue weighted by Crippen LogP contribution is 2.67. The summed E-state index contributed by atoms with van der Waals surface area (Å²) in [6.45, 7) is 8.17. The van der Waals surface area contributed by atoms with Gasteiger partial charge < -0.3 is 9.47 Å². The molecule has 0 bridgehead atoms. The average molecular weight is 405 g/mol. The van der Waals surface area contributed by atoms with Gasteiger partial charge in [0.1, 0.15) is 12.7 Å². The maximum atomic E-state index is 11.8. The van der Waals surface area contributed by atoms with Gasteiger partial charge in [-0.15, -0.1) is 0 Å². The molecule has 4 aliphatic carbocycles. The van der Waals surface area contributed by atoms with Crippen molar-refractivity contribution in [2.45, 2.75) is 98.0 Å². The summed E-state index contributed by atoms with van der Waals surface area (Å²) < 4.78 is 11.0. The average Bonchev–Trinajstić information content (AvgIpc) is 3.01. The van der Waals surface area contributed by atoms with Gasteiger partial charge in [-0.25, -0.2) is 0 Å². The van der Waals surface area contributed by atoms with Crippen LogP contribution in [0.25, 0.3) is 0 Å². The molecule has 29 heavy (non-hydrogen) atoms. The van der Waals surface area contributed by atoms with Crippen molar-refractivity contribution in [3.8, 4) is 0 Å². The van der Waals surface area contributed by atoms with Gasteiger partial charge in [-0.3, -0.25) is 9.59 Å². The molecular formula is C25H40O4. The SMILES string of the molecule is CC(=O)OC[C@@H](OC(C)=O)[C@@H]1CC[C@@H]2[C@H]3CC[C@H]4CCCC[C@]4(C)[C@@H]3CC[C@@]21C. The Kier molecular flexibility index (Phi) is 5.76. The summed E-state index contributed by atoms with van der Waals surface area (Å²) in [6.07, 6.45) is 13.1. The van der Waals surface area contributed by atoms with Crippen molar-refractivity contribution in [2.24, 2.45) is 40.4 Å². The normalized spacial score (nSPS) is 44.8. The smallest absolute Gasteiger partial charge is 0.303 e. The van der Waals surface area contributed by atoms with Crippen molar-refractivity contribution in [2.75, 3.05) is 6.61 Å². The molecule has 0 aromatic heterocycles. The highest BCUT2D eigenvalue weighted by molar-refractivity contribution is 5.67. The van der Waals surface area contributed by atoms with Crippen molar-refractivity contribution in [3.63, 3.8) is 0 Å². The highest BCUT2D eigenvalue weighted by Gasteiger charge is 2.61. The fourth-order valence-electron chi connectivity index (χ4n) is 8.59. The standard InChI is InChI=1S/C25H40O4/c1-16(26)28-15-23(29-17(2)27)22-11-10-20-19-9-8-18-7-5-6-13-24(18,3)21(19)12-14-25(20,22)4/h18-23H,5-15H2,1-4H3/t18-,19-,20-,21-,22+,23-,24+,25+/m1/s1. The van der Waals surface area contributed by atoms with Crippen LogP contribution in [0.2, 0.25) is 0 Å². The Morgan fingerprint density at radius 3 is 2.34 bits per heavy atom. The summed E-state index contributed by atoms with van der Waals surface area (Å²) in [6, 6.07) is 0. The number of hydrogen-bond donors (Lipinski definition) is 0. The van der Waals surface area contributed by atoms with Gasteiger partial charge in [0.2, 0.25) is 0 Å². The third-order valence-electron chi connectivity index (χ3n) is 9.87. The molecule has 164 valence electrons. The zero-order valence-corrected chi connectivity index (χ0v) is 18.9. The highest BCUT2D eigenvalue weighted by atomic mass is 16.6. The van der Waals surface area contributed by atoms with E-state index in [9.17, 15) is 9.59 Å². The van der Waals surface area contributed by atoms with Crippen LogP contribution < -0.4 is 0 Å². The number of carbonyl (C=O) groups is 2. The lowest BCUT2D eigenvalue weighted by Gasteiger charge is -2.60. The van der Waals surface area contributed by atoms with Gasteiger partial charge in [-0.05, 0) is 85.9 Å². The number of carbonyl (C=O) groups excluding carboxylic acids is 2. The Labute approximate surface area is 176 Å². The van der Waals surface area contributed by atoms with Crippen LogP contribution in [-0.4, -0.2) is 24.6 Å². The number of ether oxygens (including phenoxy) is 2. The van der Waals surface area contributed by atoms with Gasteiger partial charge in [0, 0.05) is 19.8 Å². The predicted molar refractivity (Wildman–Crippen MR) is 112 cm³/mol. The maximum Gasteiger partial charge on any atom is 0.303 e. The van der Waals surface area contributed by atoms with Gasteiger partial charge in [-0.1, -0.05) is 26.7 Å². The second kappa shape index (κ2) is 7.89. The van der Waals surface area contributed by atoms with Gasteiger partial charge in [-0.2, -0.15) is 0 Å². The Hall–Kier alpha value is -1.06. The number of esters is 2. The monoisotopic (exact) mass is 404 g/mol. The number of hydrogen-bond acceptors (Lipinski definition) is 4.